The van der Waals surface area contributed by atoms with Crippen LogP contribution in [0.5, 0.6) is 0 Å². The van der Waals surface area contributed by atoms with Crippen LogP contribution in [0.4, 0.5) is 4.39 Å². The van der Waals surface area contributed by atoms with Crippen LogP contribution in [0.2, 0.25) is 0 Å². The maximum Gasteiger partial charge on any atom is 0.225 e. The van der Waals surface area contributed by atoms with E-state index in [9.17, 15) is 9.18 Å². The van der Waals surface area contributed by atoms with Crippen LogP contribution in [0.25, 0.3) is 0 Å². The second-order valence-electron chi connectivity index (χ2n) is 7.54. The molecule has 0 atom stereocenters. The summed E-state index contributed by atoms with van der Waals surface area (Å²) in [5, 5.41) is 6.61. The van der Waals surface area contributed by atoms with Gasteiger partial charge < -0.3 is 15.5 Å². The Morgan fingerprint density at radius 1 is 1.14 bits per heavy atom. The van der Waals surface area contributed by atoms with Gasteiger partial charge in [-0.2, -0.15) is 0 Å². The van der Waals surface area contributed by atoms with Crippen molar-refractivity contribution in [3.63, 3.8) is 0 Å². The Morgan fingerprint density at radius 2 is 1.86 bits per heavy atom. The van der Waals surface area contributed by atoms with Crippen LogP contribution in [0, 0.1) is 11.7 Å². The summed E-state index contributed by atoms with van der Waals surface area (Å²) < 4.78 is 13.0. The van der Waals surface area contributed by atoms with E-state index in [2.05, 4.69) is 20.5 Å². The topological polar surface area (TPSA) is 60.0 Å². The molecule has 1 aliphatic carbocycles. The highest BCUT2D eigenvalue weighted by molar-refractivity contribution is 5.80. The molecule has 0 bridgehead atoms. The lowest BCUT2D eigenvalue weighted by molar-refractivity contribution is -0.139. The monoisotopic (exact) mass is 389 g/mol. The van der Waals surface area contributed by atoms with Gasteiger partial charge in [-0.05, 0) is 37.5 Å². The van der Waals surface area contributed by atoms with Gasteiger partial charge in [0.2, 0.25) is 5.91 Å². The largest absolute Gasteiger partial charge is 0.357 e. The number of nitrogens with zero attached hydrogens (tertiary/aromatic N) is 3. The van der Waals surface area contributed by atoms with Crippen molar-refractivity contribution in [3.8, 4) is 0 Å². The number of halogens is 1. The fourth-order valence-corrected chi connectivity index (χ4v) is 3.54. The maximum absolute atomic E-state index is 13.0. The Balaban J connectivity index is 1.38. The summed E-state index contributed by atoms with van der Waals surface area (Å²) in [5.74, 6) is 1.21. The van der Waals surface area contributed by atoms with E-state index in [0.717, 1.165) is 70.2 Å². The minimum atomic E-state index is -0.229. The van der Waals surface area contributed by atoms with Gasteiger partial charge in [0.1, 0.15) is 5.82 Å². The number of guanidine groups is 1. The first-order chi connectivity index (χ1) is 13.7. The molecule has 1 aliphatic heterocycles. The lowest BCUT2D eigenvalue weighted by Crippen LogP contribution is -2.52. The van der Waals surface area contributed by atoms with Gasteiger partial charge in [0.25, 0.3) is 0 Å². The predicted octanol–water partition coefficient (Wildman–Crippen LogP) is 1.83. The predicted molar refractivity (Wildman–Crippen MR) is 110 cm³/mol. The second kappa shape index (κ2) is 10.4. The average molecular weight is 390 g/mol. The van der Waals surface area contributed by atoms with E-state index in [1.54, 1.807) is 12.1 Å². The number of nitrogens with one attached hydrogen (secondary N) is 2. The molecule has 2 fully saturated rings. The van der Waals surface area contributed by atoms with Crippen LogP contribution >= 0.6 is 0 Å². The van der Waals surface area contributed by atoms with E-state index in [-0.39, 0.29) is 5.82 Å². The summed E-state index contributed by atoms with van der Waals surface area (Å²) in [5.41, 5.74) is 0.978. The van der Waals surface area contributed by atoms with Crippen molar-refractivity contribution in [3.05, 3.63) is 35.6 Å². The third kappa shape index (κ3) is 5.92. The van der Waals surface area contributed by atoms with Crippen LogP contribution < -0.4 is 10.6 Å². The number of aliphatic imine (C=N–C) groups is 1. The van der Waals surface area contributed by atoms with Crippen LogP contribution in [0.1, 0.15) is 31.7 Å². The molecule has 7 heteroatoms. The minimum Gasteiger partial charge on any atom is -0.357 e. The Morgan fingerprint density at radius 3 is 2.46 bits per heavy atom. The molecule has 1 aromatic rings. The number of carbonyl (C=O) groups is 1. The molecule has 0 unspecified atom stereocenters. The zero-order valence-corrected chi connectivity index (χ0v) is 16.8. The molecule has 0 radical (unpaired) electrons. The molecule has 0 aromatic heterocycles. The van der Waals surface area contributed by atoms with Gasteiger partial charge in [-0.1, -0.05) is 18.6 Å². The molecule has 3 rings (SSSR count). The third-order valence-electron chi connectivity index (χ3n) is 5.54. The van der Waals surface area contributed by atoms with Gasteiger partial charge in [-0.15, -0.1) is 0 Å². The van der Waals surface area contributed by atoms with Gasteiger partial charge in [0, 0.05) is 51.7 Å². The van der Waals surface area contributed by atoms with Crippen LogP contribution in [0.15, 0.2) is 29.3 Å². The molecule has 2 aliphatic rings. The molecule has 1 amide bonds. The lowest BCUT2D eigenvalue weighted by Gasteiger charge is -2.38. The molecule has 0 spiro atoms. The molecular weight excluding hydrogens is 357 g/mol. The fourth-order valence-electron chi connectivity index (χ4n) is 3.54. The Hall–Kier alpha value is -2.15. The van der Waals surface area contributed by atoms with E-state index in [4.69, 9.17) is 0 Å². The minimum absolute atomic E-state index is 0.229. The van der Waals surface area contributed by atoms with Crippen molar-refractivity contribution in [1.29, 1.82) is 0 Å². The Labute approximate surface area is 167 Å². The smallest absolute Gasteiger partial charge is 0.225 e. The Bertz CT molecular complexity index is 651. The standard InChI is InChI=1S/C21H32FN5O/c1-2-23-21(25-16-17-6-8-19(22)9-7-17)24-10-11-26-12-14-27(15-13-26)20(28)18-4-3-5-18/h6-9,18H,2-5,10-16H2,1H3,(H2,23,24,25). The highest BCUT2D eigenvalue weighted by Crippen LogP contribution is 2.28. The molecule has 28 heavy (non-hydrogen) atoms. The van der Waals surface area contributed by atoms with E-state index >= 15 is 0 Å². The van der Waals surface area contributed by atoms with E-state index in [0.29, 0.717) is 18.4 Å². The first kappa shape index (κ1) is 20.6. The zero-order chi connectivity index (χ0) is 19.8. The van der Waals surface area contributed by atoms with Crippen molar-refractivity contribution in [2.75, 3.05) is 45.8 Å². The van der Waals surface area contributed by atoms with Crippen LogP contribution in [-0.2, 0) is 11.3 Å². The van der Waals surface area contributed by atoms with E-state index < -0.39 is 0 Å². The van der Waals surface area contributed by atoms with E-state index in [1.807, 2.05) is 11.8 Å². The number of piperazine rings is 1. The third-order valence-corrected chi connectivity index (χ3v) is 5.54. The van der Waals surface area contributed by atoms with Crippen LogP contribution in [0.3, 0.4) is 0 Å². The van der Waals surface area contributed by atoms with Gasteiger partial charge in [-0.3, -0.25) is 9.69 Å². The van der Waals surface area contributed by atoms with Crippen molar-refractivity contribution >= 4 is 11.9 Å². The number of hydrogen-bond donors (Lipinski definition) is 2. The van der Waals surface area contributed by atoms with Gasteiger partial charge in [0.15, 0.2) is 5.96 Å². The molecule has 154 valence electrons. The lowest BCUT2D eigenvalue weighted by atomic mass is 9.84. The summed E-state index contributed by atoms with van der Waals surface area (Å²) in [7, 11) is 0. The molecule has 1 saturated carbocycles. The highest BCUT2D eigenvalue weighted by atomic mass is 19.1. The number of carbonyl (C=O) groups excluding carboxylic acids is 1. The first-order valence-electron chi connectivity index (χ1n) is 10.4. The second-order valence-corrected chi connectivity index (χ2v) is 7.54. The van der Waals surface area contributed by atoms with Gasteiger partial charge in [-0.25, -0.2) is 9.38 Å². The number of benzene rings is 1. The van der Waals surface area contributed by atoms with Crippen molar-refractivity contribution in [2.24, 2.45) is 10.9 Å². The van der Waals surface area contributed by atoms with Crippen LogP contribution in [-0.4, -0.2) is 67.5 Å². The van der Waals surface area contributed by atoms with Crippen molar-refractivity contribution < 1.29 is 9.18 Å². The number of hydrogen-bond acceptors (Lipinski definition) is 3. The van der Waals surface area contributed by atoms with Crippen molar-refractivity contribution in [1.82, 2.24) is 20.4 Å². The first-order valence-corrected chi connectivity index (χ1v) is 10.4. The number of rotatable bonds is 7. The van der Waals surface area contributed by atoms with Gasteiger partial charge in [0.05, 0.1) is 6.54 Å². The summed E-state index contributed by atoms with van der Waals surface area (Å²) in [6, 6.07) is 6.43. The summed E-state index contributed by atoms with van der Waals surface area (Å²) in [6.07, 6.45) is 3.36. The summed E-state index contributed by atoms with van der Waals surface area (Å²) in [6.45, 7) is 8.61. The molecule has 2 N–H and O–H groups in total. The fraction of sp³-hybridized carbons (Fsp3) is 0.619. The van der Waals surface area contributed by atoms with Gasteiger partial charge >= 0.3 is 0 Å². The summed E-state index contributed by atoms with van der Waals surface area (Å²) in [4.78, 5) is 21.3. The molecule has 1 saturated heterocycles. The average Bonchev–Trinajstić information content (AvgIpc) is 2.66. The molecule has 1 heterocycles. The summed E-state index contributed by atoms with van der Waals surface area (Å²) >= 11 is 0. The molecule has 1 aromatic carbocycles. The Kier molecular flexibility index (Phi) is 7.65. The SMILES string of the molecule is CCNC(=NCc1ccc(F)cc1)NCCN1CCN(C(=O)C2CCC2)CC1. The molecular formula is C21H32FN5O. The van der Waals surface area contributed by atoms with E-state index in [1.165, 1.54) is 18.6 Å². The maximum atomic E-state index is 13.0. The van der Waals surface area contributed by atoms with Crippen molar-refractivity contribution in [2.45, 2.75) is 32.7 Å². The highest BCUT2D eigenvalue weighted by Gasteiger charge is 2.30. The number of amides is 1. The normalized spacial score (nSPS) is 18.6. The zero-order valence-electron chi connectivity index (χ0n) is 16.8. The molecule has 6 nitrogen and oxygen atoms in total. The quantitative estimate of drug-likeness (QED) is 0.552.